The van der Waals surface area contributed by atoms with Gasteiger partial charge in [0, 0.05) is 6.67 Å². The van der Waals surface area contributed by atoms with Gasteiger partial charge in [0.05, 0.1) is 33.3 Å². The van der Waals surface area contributed by atoms with Gasteiger partial charge in [0.1, 0.15) is 0 Å². The third-order valence-electron chi connectivity index (χ3n) is 2.13. The Balaban J connectivity index is 1.94. The highest BCUT2D eigenvalue weighted by molar-refractivity contribution is 4.70. The average Bonchev–Trinajstić information content (AvgIpc) is 2.03. The third kappa shape index (κ3) is 1.52. The number of hydrogen-bond donors (Lipinski definition) is 2. The van der Waals surface area contributed by atoms with E-state index in [9.17, 15) is 0 Å². The van der Waals surface area contributed by atoms with Crippen molar-refractivity contribution in [2.24, 2.45) is 5.73 Å². The van der Waals surface area contributed by atoms with E-state index in [0.29, 0.717) is 6.67 Å². The monoisotopic (exact) mass is 157 g/mol. The van der Waals surface area contributed by atoms with Crippen LogP contribution in [-0.4, -0.2) is 54.7 Å². The standard InChI is InChI=1S/C6H15N5/c7-1-9-4-10-2-8-3-11(5-9)6-10/h8H,1-7H2. The van der Waals surface area contributed by atoms with E-state index in [1.54, 1.807) is 0 Å². The smallest absolute Gasteiger partial charge is 0.0554 e. The van der Waals surface area contributed by atoms with Crippen molar-refractivity contribution in [2.75, 3.05) is 40.0 Å². The fourth-order valence-corrected chi connectivity index (χ4v) is 1.66. The van der Waals surface area contributed by atoms with Crippen LogP contribution in [0.5, 0.6) is 0 Å². The van der Waals surface area contributed by atoms with E-state index in [4.69, 9.17) is 5.73 Å². The molecule has 2 aliphatic rings. The molecule has 0 amide bonds. The summed E-state index contributed by atoms with van der Waals surface area (Å²) < 4.78 is 0. The number of hydrogen-bond acceptors (Lipinski definition) is 5. The van der Waals surface area contributed by atoms with Gasteiger partial charge >= 0.3 is 0 Å². The highest BCUT2D eigenvalue weighted by Gasteiger charge is 2.24. The van der Waals surface area contributed by atoms with Crippen molar-refractivity contribution in [3.8, 4) is 0 Å². The lowest BCUT2D eigenvalue weighted by Crippen LogP contribution is -2.63. The van der Waals surface area contributed by atoms with E-state index in [0.717, 1.165) is 33.3 Å². The summed E-state index contributed by atoms with van der Waals surface area (Å²) in [4.78, 5) is 6.89. The zero-order chi connectivity index (χ0) is 7.68. The summed E-state index contributed by atoms with van der Waals surface area (Å²) in [5, 5.41) is 3.32. The normalized spacial score (nSPS) is 39.0. The van der Waals surface area contributed by atoms with Crippen molar-refractivity contribution in [3.63, 3.8) is 0 Å². The maximum Gasteiger partial charge on any atom is 0.0554 e. The van der Waals surface area contributed by atoms with Gasteiger partial charge in [-0.25, -0.2) is 0 Å². The highest BCUT2D eigenvalue weighted by atomic mass is 15.6. The zero-order valence-electron chi connectivity index (χ0n) is 6.66. The lowest BCUT2D eigenvalue weighted by Gasteiger charge is -2.45. The van der Waals surface area contributed by atoms with Gasteiger partial charge in [-0.3, -0.25) is 20.0 Å². The molecule has 0 saturated carbocycles. The van der Waals surface area contributed by atoms with Crippen molar-refractivity contribution in [1.82, 2.24) is 20.0 Å². The van der Waals surface area contributed by atoms with E-state index in [1.165, 1.54) is 0 Å². The maximum absolute atomic E-state index is 5.56. The van der Waals surface area contributed by atoms with Crippen LogP contribution in [0.3, 0.4) is 0 Å². The molecule has 0 aromatic rings. The molecule has 3 N–H and O–H groups in total. The van der Waals surface area contributed by atoms with E-state index in [1.807, 2.05) is 0 Å². The van der Waals surface area contributed by atoms with Gasteiger partial charge in [0.15, 0.2) is 0 Å². The van der Waals surface area contributed by atoms with Gasteiger partial charge in [-0.05, 0) is 0 Å². The first-order valence-electron chi connectivity index (χ1n) is 3.96. The number of fused-ring (bicyclic) bond motifs is 2. The Morgan fingerprint density at radius 3 is 2.27 bits per heavy atom. The molecule has 2 atom stereocenters. The summed E-state index contributed by atoms with van der Waals surface area (Å²) in [5.74, 6) is 0. The molecule has 5 nitrogen and oxygen atoms in total. The van der Waals surface area contributed by atoms with Gasteiger partial charge in [-0.2, -0.15) is 0 Å². The molecule has 11 heavy (non-hydrogen) atoms. The molecule has 5 heteroatoms. The molecule has 2 heterocycles. The Morgan fingerprint density at radius 2 is 1.73 bits per heavy atom. The summed E-state index contributed by atoms with van der Waals surface area (Å²) in [6, 6.07) is 0. The average molecular weight is 157 g/mol. The van der Waals surface area contributed by atoms with E-state index in [-0.39, 0.29) is 0 Å². The second kappa shape index (κ2) is 3.04. The molecule has 0 spiro atoms. The minimum absolute atomic E-state index is 0.660. The quantitative estimate of drug-likeness (QED) is 0.471. The van der Waals surface area contributed by atoms with E-state index < -0.39 is 0 Å². The minimum Gasteiger partial charge on any atom is -0.318 e. The Labute approximate surface area is 66.7 Å². The topological polar surface area (TPSA) is 47.8 Å². The van der Waals surface area contributed by atoms with Crippen molar-refractivity contribution in [3.05, 3.63) is 0 Å². The molecule has 2 bridgehead atoms. The summed E-state index contributed by atoms with van der Waals surface area (Å²) in [5.41, 5.74) is 5.56. The predicted molar refractivity (Wildman–Crippen MR) is 42.0 cm³/mol. The molecule has 2 saturated heterocycles. The van der Waals surface area contributed by atoms with Crippen LogP contribution in [0.15, 0.2) is 0 Å². The fraction of sp³-hybridized carbons (Fsp3) is 1.00. The van der Waals surface area contributed by atoms with E-state index >= 15 is 0 Å². The summed E-state index contributed by atoms with van der Waals surface area (Å²) in [6.45, 7) is 5.73. The summed E-state index contributed by atoms with van der Waals surface area (Å²) in [6.07, 6.45) is 0. The van der Waals surface area contributed by atoms with Crippen LogP contribution >= 0.6 is 0 Å². The number of nitrogens with zero attached hydrogens (tertiary/aromatic N) is 3. The van der Waals surface area contributed by atoms with Crippen LogP contribution < -0.4 is 11.1 Å². The first-order chi connectivity index (χ1) is 5.38. The Kier molecular flexibility index (Phi) is 2.06. The van der Waals surface area contributed by atoms with Crippen molar-refractivity contribution >= 4 is 0 Å². The largest absolute Gasteiger partial charge is 0.318 e. The molecule has 64 valence electrons. The first-order valence-corrected chi connectivity index (χ1v) is 3.96. The van der Waals surface area contributed by atoms with Crippen LogP contribution in [0.4, 0.5) is 0 Å². The number of rotatable bonds is 1. The van der Waals surface area contributed by atoms with Crippen molar-refractivity contribution in [2.45, 2.75) is 0 Å². The molecule has 2 aliphatic heterocycles. The van der Waals surface area contributed by atoms with Gasteiger partial charge in [-0.15, -0.1) is 0 Å². The third-order valence-corrected chi connectivity index (χ3v) is 2.13. The molecule has 0 aliphatic carbocycles. The van der Waals surface area contributed by atoms with Gasteiger partial charge in [-0.1, -0.05) is 0 Å². The minimum atomic E-state index is 0.660. The van der Waals surface area contributed by atoms with Gasteiger partial charge in [0.2, 0.25) is 0 Å². The second-order valence-corrected chi connectivity index (χ2v) is 3.19. The Bertz CT molecular complexity index is 127. The fourth-order valence-electron chi connectivity index (χ4n) is 1.66. The highest BCUT2D eigenvalue weighted by Crippen LogP contribution is 2.06. The Hall–Kier alpha value is -0.200. The number of nitrogens with two attached hydrogens (primary N) is 1. The maximum atomic E-state index is 5.56. The van der Waals surface area contributed by atoms with Crippen LogP contribution in [-0.2, 0) is 0 Å². The number of nitrogens with one attached hydrogen (secondary N) is 1. The van der Waals surface area contributed by atoms with Gasteiger partial charge < -0.3 is 5.73 Å². The van der Waals surface area contributed by atoms with Crippen molar-refractivity contribution in [1.29, 1.82) is 0 Å². The molecule has 0 aromatic heterocycles. The summed E-state index contributed by atoms with van der Waals surface area (Å²) >= 11 is 0. The first kappa shape index (κ1) is 7.45. The molecule has 2 unspecified atom stereocenters. The molecule has 2 rings (SSSR count). The van der Waals surface area contributed by atoms with Crippen LogP contribution in [0.25, 0.3) is 0 Å². The zero-order valence-corrected chi connectivity index (χ0v) is 6.66. The molecular weight excluding hydrogens is 142 g/mol. The predicted octanol–water partition coefficient (Wildman–Crippen LogP) is -1.79. The SMILES string of the molecule is NCN1CN2CNCN(C1)C2. The molecular formula is C6H15N5. The molecule has 0 radical (unpaired) electrons. The van der Waals surface area contributed by atoms with E-state index in [2.05, 4.69) is 20.0 Å². The van der Waals surface area contributed by atoms with Crippen LogP contribution in [0, 0.1) is 0 Å². The van der Waals surface area contributed by atoms with Crippen molar-refractivity contribution < 1.29 is 0 Å². The lowest BCUT2D eigenvalue weighted by atomic mass is 10.5. The van der Waals surface area contributed by atoms with Crippen LogP contribution in [0.2, 0.25) is 0 Å². The second-order valence-electron chi connectivity index (χ2n) is 3.19. The Morgan fingerprint density at radius 1 is 1.09 bits per heavy atom. The molecule has 2 fully saturated rings. The van der Waals surface area contributed by atoms with Gasteiger partial charge in [0.25, 0.3) is 0 Å². The van der Waals surface area contributed by atoms with Crippen LogP contribution in [0.1, 0.15) is 0 Å². The summed E-state index contributed by atoms with van der Waals surface area (Å²) in [7, 11) is 0. The lowest BCUT2D eigenvalue weighted by molar-refractivity contribution is -0.0656. The molecule has 0 aromatic carbocycles.